The zero-order valence-electron chi connectivity index (χ0n) is 15.0. The summed E-state index contributed by atoms with van der Waals surface area (Å²) < 4.78 is 1.99. The summed E-state index contributed by atoms with van der Waals surface area (Å²) in [6.45, 7) is 1.86. The van der Waals surface area contributed by atoms with Gasteiger partial charge in [-0.3, -0.25) is 9.48 Å². The molecule has 0 bridgehead atoms. The van der Waals surface area contributed by atoms with Gasteiger partial charge in [0.1, 0.15) is 0 Å². The van der Waals surface area contributed by atoms with Crippen molar-refractivity contribution in [3.8, 4) is 0 Å². The van der Waals surface area contributed by atoms with E-state index in [0.717, 1.165) is 44.2 Å². The van der Waals surface area contributed by atoms with Crippen molar-refractivity contribution in [2.75, 3.05) is 13.1 Å². The third kappa shape index (κ3) is 3.12. The first kappa shape index (κ1) is 16.2. The zero-order valence-corrected chi connectivity index (χ0v) is 15.0. The van der Waals surface area contributed by atoms with E-state index in [1.54, 1.807) is 0 Å². The molecule has 1 aliphatic heterocycles. The van der Waals surface area contributed by atoms with Gasteiger partial charge in [-0.15, -0.1) is 0 Å². The normalized spacial score (nSPS) is 31.7. The third-order valence-corrected chi connectivity index (χ3v) is 6.97. The first-order chi connectivity index (χ1) is 11.7. The second kappa shape index (κ2) is 6.89. The van der Waals surface area contributed by atoms with Crippen LogP contribution in [0.5, 0.6) is 0 Å². The second-order valence-electron chi connectivity index (χ2n) is 8.29. The Hall–Kier alpha value is -1.32. The Morgan fingerprint density at radius 3 is 2.50 bits per heavy atom. The minimum atomic E-state index is 0.317. The number of aryl methyl sites for hydroxylation is 1. The Balaban J connectivity index is 1.32. The van der Waals surface area contributed by atoms with Crippen LogP contribution in [0.15, 0.2) is 12.3 Å². The first-order valence-corrected chi connectivity index (χ1v) is 9.99. The minimum absolute atomic E-state index is 0.317. The summed E-state index contributed by atoms with van der Waals surface area (Å²) in [4.78, 5) is 15.2. The molecule has 3 fully saturated rings. The molecule has 4 heteroatoms. The van der Waals surface area contributed by atoms with Gasteiger partial charge in [-0.25, -0.2) is 0 Å². The van der Waals surface area contributed by atoms with Crippen LogP contribution in [0.2, 0.25) is 0 Å². The van der Waals surface area contributed by atoms with E-state index in [-0.39, 0.29) is 0 Å². The molecule has 2 heterocycles. The van der Waals surface area contributed by atoms with Crippen LogP contribution in [0.4, 0.5) is 0 Å². The van der Waals surface area contributed by atoms with Crippen LogP contribution in [0.3, 0.4) is 0 Å². The average Bonchev–Trinajstić information content (AvgIpc) is 3.07. The summed E-state index contributed by atoms with van der Waals surface area (Å²) in [6, 6.07) is 2.13. The number of amides is 1. The van der Waals surface area contributed by atoms with Crippen LogP contribution < -0.4 is 0 Å². The van der Waals surface area contributed by atoms with Crippen molar-refractivity contribution < 1.29 is 4.79 Å². The molecule has 3 aliphatic rings. The Kier molecular flexibility index (Phi) is 4.64. The van der Waals surface area contributed by atoms with Crippen molar-refractivity contribution >= 4 is 5.91 Å². The van der Waals surface area contributed by atoms with Crippen LogP contribution in [-0.2, 0) is 11.8 Å². The van der Waals surface area contributed by atoms with Crippen molar-refractivity contribution in [3.05, 3.63) is 18.0 Å². The molecule has 4 nitrogen and oxygen atoms in total. The average molecular weight is 329 g/mol. The number of aromatic nitrogens is 2. The lowest BCUT2D eigenvalue weighted by molar-refractivity contribution is -0.139. The Morgan fingerprint density at radius 1 is 1.04 bits per heavy atom. The molecule has 0 radical (unpaired) electrons. The van der Waals surface area contributed by atoms with Gasteiger partial charge in [-0.2, -0.15) is 5.10 Å². The number of piperidine rings is 1. The molecule has 0 aromatic carbocycles. The van der Waals surface area contributed by atoms with Gasteiger partial charge in [0.05, 0.1) is 0 Å². The summed E-state index contributed by atoms with van der Waals surface area (Å²) in [5.41, 5.74) is 1.32. The molecule has 1 aromatic heterocycles. The maximum atomic E-state index is 13.0. The van der Waals surface area contributed by atoms with E-state index < -0.39 is 0 Å². The molecular weight excluding hydrogens is 298 g/mol. The van der Waals surface area contributed by atoms with E-state index in [4.69, 9.17) is 0 Å². The molecule has 132 valence electrons. The highest BCUT2D eigenvalue weighted by Gasteiger charge is 2.37. The Morgan fingerprint density at radius 2 is 1.79 bits per heavy atom. The molecule has 3 atom stereocenters. The van der Waals surface area contributed by atoms with Gasteiger partial charge in [0.25, 0.3) is 0 Å². The maximum Gasteiger partial charge on any atom is 0.225 e. The second-order valence-corrected chi connectivity index (χ2v) is 8.29. The lowest BCUT2D eigenvalue weighted by Gasteiger charge is -2.41. The molecule has 0 unspecified atom stereocenters. The molecule has 0 spiro atoms. The molecule has 1 saturated heterocycles. The molecule has 2 saturated carbocycles. The minimum Gasteiger partial charge on any atom is -0.342 e. The molecule has 4 rings (SSSR count). The van der Waals surface area contributed by atoms with E-state index in [1.165, 1.54) is 44.2 Å². The van der Waals surface area contributed by atoms with Crippen molar-refractivity contribution in [1.82, 2.24) is 14.7 Å². The quantitative estimate of drug-likeness (QED) is 0.829. The maximum absolute atomic E-state index is 13.0. The Labute approximate surface area is 145 Å². The Bertz CT molecular complexity index is 573. The van der Waals surface area contributed by atoms with Crippen LogP contribution >= 0.6 is 0 Å². The van der Waals surface area contributed by atoms with Crippen LogP contribution in [0.25, 0.3) is 0 Å². The molecule has 1 amide bonds. The van der Waals surface area contributed by atoms with Gasteiger partial charge in [0.2, 0.25) is 5.91 Å². The van der Waals surface area contributed by atoms with E-state index in [9.17, 15) is 4.79 Å². The van der Waals surface area contributed by atoms with Crippen molar-refractivity contribution in [2.45, 2.75) is 63.7 Å². The predicted molar refractivity (Wildman–Crippen MR) is 94.6 cm³/mol. The zero-order chi connectivity index (χ0) is 16.5. The van der Waals surface area contributed by atoms with Crippen molar-refractivity contribution in [1.29, 1.82) is 0 Å². The number of rotatable bonds is 2. The van der Waals surface area contributed by atoms with Crippen molar-refractivity contribution in [2.24, 2.45) is 24.8 Å². The standard InChI is InChI=1S/C20H31N3O/c1-22-19(8-11-21-22)16-9-12-23(13-10-16)20(24)18-7-6-15-4-2-3-5-17(15)14-18/h8,11,15-18H,2-7,9-10,12-14H2,1H3/t15-,17+,18-/m1/s1. The fourth-order valence-electron chi connectivity index (χ4n) is 5.54. The molecule has 0 N–H and O–H groups in total. The number of fused-ring (bicyclic) bond motifs is 1. The van der Waals surface area contributed by atoms with Gasteiger partial charge in [0, 0.05) is 43.9 Å². The van der Waals surface area contributed by atoms with Gasteiger partial charge in [-0.05, 0) is 50.0 Å². The molecule has 24 heavy (non-hydrogen) atoms. The molecule has 2 aliphatic carbocycles. The van der Waals surface area contributed by atoms with E-state index in [2.05, 4.69) is 16.1 Å². The number of hydrogen-bond donors (Lipinski definition) is 0. The van der Waals surface area contributed by atoms with Gasteiger partial charge in [0.15, 0.2) is 0 Å². The molecule has 1 aromatic rings. The van der Waals surface area contributed by atoms with E-state index >= 15 is 0 Å². The number of carbonyl (C=O) groups excluding carboxylic acids is 1. The van der Waals surface area contributed by atoms with Crippen molar-refractivity contribution in [3.63, 3.8) is 0 Å². The fourth-order valence-corrected chi connectivity index (χ4v) is 5.54. The summed E-state index contributed by atoms with van der Waals surface area (Å²) in [5, 5.41) is 4.29. The lowest BCUT2D eigenvalue weighted by atomic mass is 9.67. The number of carbonyl (C=O) groups is 1. The van der Waals surface area contributed by atoms with Gasteiger partial charge < -0.3 is 4.90 Å². The monoisotopic (exact) mass is 329 g/mol. The largest absolute Gasteiger partial charge is 0.342 e. The number of likely N-dealkylation sites (tertiary alicyclic amines) is 1. The lowest BCUT2D eigenvalue weighted by Crippen LogP contribution is -2.43. The third-order valence-electron chi connectivity index (χ3n) is 6.97. The van der Waals surface area contributed by atoms with Crippen LogP contribution in [0.1, 0.15) is 69.4 Å². The summed E-state index contributed by atoms with van der Waals surface area (Å²) in [6.07, 6.45) is 13.3. The van der Waals surface area contributed by atoms with Gasteiger partial charge >= 0.3 is 0 Å². The summed E-state index contributed by atoms with van der Waals surface area (Å²) in [7, 11) is 2.02. The first-order valence-electron chi connectivity index (χ1n) is 9.99. The van der Waals surface area contributed by atoms with Crippen LogP contribution in [-0.4, -0.2) is 33.7 Å². The van der Waals surface area contributed by atoms with Gasteiger partial charge in [-0.1, -0.05) is 25.7 Å². The van der Waals surface area contributed by atoms with Crippen LogP contribution in [0, 0.1) is 17.8 Å². The summed E-state index contributed by atoms with van der Waals surface area (Å²) >= 11 is 0. The van der Waals surface area contributed by atoms with E-state index in [0.29, 0.717) is 17.7 Å². The predicted octanol–water partition coefficient (Wildman–Crippen LogP) is 3.73. The summed E-state index contributed by atoms with van der Waals surface area (Å²) in [5.74, 6) is 3.11. The SMILES string of the molecule is Cn1nccc1C1CCN(C(=O)[C@@H]2CC[C@H]3CCCC[C@H]3C2)CC1. The topological polar surface area (TPSA) is 38.1 Å². The fraction of sp³-hybridized carbons (Fsp3) is 0.800. The highest BCUT2D eigenvalue weighted by Crippen LogP contribution is 2.43. The van der Waals surface area contributed by atoms with E-state index in [1.807, 2.05) is 17.9 Å². The smallest absolute Gasteiger partial charge is 0.225 e. The number of hydrogen-bond acceptors (Lipinski definition) is 2. The molecular formula is C20H31N3O. The highest BCUT2D eigenvalue weighted by molar-refractivity contribution is 5.79. The highest BCUT2D eigenvalue weighted by atomic mass is 16.2. The number of nitrogens with zero attached hydrogens (tertiary/aromatic N) is 3.